The molecule has 0 aliphatic rings. The van der Waals surface area contributed by atoms with Crippen LogP contribution in [-0.4, -0.2) is 0 Å². The van der Waals surface area contributed by atoms with Crippen LogP contribution in [0.1, 0.15) is 0 Å². The molecule has 0 aliphatic heterocycles. The van der Waals surface area contributed by atoms with Gasteiger partial charge in [-0.15, -0.1) is 0 Å². The van der Waals surface area contributed by atoms with Crippen molar-refractivity contribution in [3.05, 3.63) is 388 Å². The molecule has 0 heterocycles. The average Bonchev–Trinajstić information content (AvgIpc) is 0.744. The summed E-state index contributed by atoms with van der Waals surface area (Å²) in [5.41, 5.74) is 25.4. The quantitative estimate of drug-likeness (QED) is 0.100. The minimum absolute atomic E-state index is 1.06. The highest BCUT2D eigenvalue weighted by Crippen LogP contribution is 2.52. The summed E-state index contributed by atoms with van der Waals surface area (Å²) in [5, 5.41) is 9.68. The Hall–Kier alpha value is -12.6. The second kappa shape index (κ2) is 25.1. The van der Waals surface area contributed by atoms with E-state index in [1.165, 1.54) is 93.2 Å². The van der Waals surface area contributed by atoms with E-state index in [1.807, 2.05) is 0 Å². The fourth-order valence-corrected chi connectivity index (χ4v) is 14.5. The third kappa shape index (κ3) is 10.6. The molecule has 0 radical (unpaired) electrons. The number of rotatable bonds is 14. The van der Waals surface area contributed by atoms with Crippen LogP contribution in [-0.2, 0) is 0 Å². The molecule has 0 saturated carbocycles. The zero-order chi connectivity index (χ0) is 63.7. The number of benzene rings is 17. The average molecular weight is 1220 g/mol. The number of fused-ring (bicyclic) bond motifs is 6. The van der Waals surface area contributed by atoms with Gasteiger partial charge < -0.3 is 9.80 Å². The van der Waals surface area contributed by atoms with Gasteiger partial charge in [-0.1, -0.05) is 334 Å². The van der Waals surface area contributed by atoms with Gasteiger partial charge in [-0.3, -0.25) is 0 Å². The van der Waals surface area contributed by atoms with Crippen LogP contribution in [0.4, 0.5) is 34.1 Å². The second-order valence-corrected chi connectivity index (χ2v) is 24.7. The molecule has 2 heteroatoms. The van der Waals surface area contributed by atoms with E-state index in [4.69, 9.17) is 0 Å². The molecule has 17 rings (SSSR count). The topological polar surface area (TPSA) is 6.48 Å². The Morgan fingerprint density at radius 1 is 0.135 bits per heavy atom. The van der Waals surface area contributed by atoms with Gasteiger partial charge in [0.15, 0.2) is 0 Å². The number of hydrogen-bond acceptors (Lipinski definition) is 2. The molecular weight excluding hydrogens is 1160 g/mol. The van der Waals surface area contributed by atoms with Crippen LogP contribution in [0.15, 0.2) is 388 Å². The van der Waals surface area contributed by atoms with Crippen molar-refractivity contribution >= 4 is 77.2 Å². The molecule has 17 aromatic carbocycles. The van der Waals surface area contributed by atoms with E-state index in [9.17, 15) is 0 Å². The van der Waals surface area contributed by atoms with Crippen LogP contribution in [0.2, 0.25) is 0 Å². The lowest BCUT2D eigenvalue weighted by atomic mass is 9.88. The first kappa shape index (κ1) is 57.3. The highest BCUT2D eigenvalue weighted by Gasteiger charge is 2.26. The highest BCUT2D eigenvalue weighted by atomic mass is 15.2. The summed E-state index contributed by atoms with van der Waals surface area (Å²) in [5.74, 6) is 0. The SMILES string of the molecule is c1ccc(-c2cccc(N(c3ccc(-c4ccc(-c5cccc(-c6ccc(-c7c(N(c8ccccc8)c8ccccc8)c8ccccc8c8ccccc78)cc6)c5)cc4)cc3)c3c(-c4ccc(-c5ccccc5-c5ccccc5)cc4)c4ccccc4c4ccccc34)c2)cc1. The van der Waals surface area contributed by atoms with Gasteiger partial charge in [0.05, 0.1) is 11.4 Å². The Balaban J connectivity index is 0.724. The molecule has 0 aliphatic carbocycles. The standard InChI is InChI=1S/C94H64N2/c1-5-25-65(26-6-1)76-31-24-36-80(64-76)96(94-90-46-22-18-42-86(90)84-40-16-20-44-88(84)92(94)73-57-53-71(54-58-73)82-38-14-13-37-81(82)70-27-7-2-8-28-70)79-61-59-67(60-62-79)66-47-49-68(50-48-66)74-29-23-30-75(63-74)69-51-55-72(56-52-69)91-87-43-19-15-39-83(87)85-41-17-21-45-89(85)93(91)95(77-32-9-3-10-33-77)78-34-11-4-12-35-78/h1-64H. The number of para-hydroxylation sites is 2. The van der Waals surface area contributed by atoms with Gasteiger partial charge in [-0.2, -0.15) is 0 Å². The van der Waals surface area contributed by atoms with Gasteiger partial charge >= 0.3 is 0 Å². The molecule has 0 spiro atoms. The first-order chi connectivity index (χ1) is 47.6. The normalized spacial score (nSPS) is 11.3. The Kier molecular flexibility index (Phi) is 15.0. The van der Waals surface area contributed by atoms with E-state index in [2.05, 4.69) is 398 Å². The maximum Gasteiger partial charge on any atom is 0.0624 e. The van der Waals surface area contributed by atoms with Gasteiger partial charge in [0.1, 0.15) is 0 Å². The molecule has 96 heavy (non-hydrogen) atoms. The molecule has 0 N–H and O–H groups in total. The lowest BCUT2D eigenvalue weighted by Crippen LogP contribution is -2.12. The molecule has 0 aromatic heterocycles. The van der Waals surface area contributed by atoms with Crippen molar-refractivity contribution in [2.24, 2.45) is 0 Å². The summed E-state index contributed by atoms with van der Waals surface area (Å²) in [6.07, 6.45) is 0. The number of nitrogens with zero attached hydrogens (tertiary/aromatic N) is 2. The van der Waals surface area contributed by atoms with Crippen molar-refractivity contribution in [3.63, 3.8) is 0 Å². The summed E-state index contributed by atoms with van der Waals surface area (Å²) >= 11 is 0. The van der Waals surface area contributed by atoms with Crippen molar-refractivity contribution < 1.29 is 0 Å². The third-order valence-corrected chi connectivity index (χ3v) is 19.0. The smallest absolute Gasteiger partial charge is 0.0624 e. The lowest BCUT2D eigenvalue weighted by molar-refractivity contribution is 1.30. The lowest BCUT2D eigenvalue weighted by Gasteiger charge is -2.31. The Labute approximate surface area is 560 Å². The van der Waals surface area contributed by atoms with Gasteiger partial charge in [-0.05, 0) is 165 Å². The zero-order valence-corrected chi connectivity index (χ0v) is 52.8. The summed E-state index contributed by atoms with van der Waals surface area (Å²) in [6.45, 7) is 0. The summed E-state index contributed by atoms with van der Waals surface area (Å²) < 4.78 is 0. The maximum absolute atomic E-state index is 2.50. The fourth-order valence-electron chi connectivity index (χ4n) is 14.5. The van der Waals surface area contributed by atoms with Crippen molar-refractivity contribution in [1.82, 2.24) is 0 Å². The Bertz CT molecular complexity index is 5610. The van der Waals surface area contributed by atoms with E-state index in [1.54, 1.807) is 0 Å². The van der Waals surface area contributed by atoms with E-state index >= 15 is 0 Å². The minimum Gasteiger partial charge on any atom is -0.309 e. The Morgan fingerprint density at radius 2 is 0.385 bits per heavy atom. The molecule has 0 fully saturated rings. The summed E-state index contributed by atoms with van der Waals surface area (Å²) in [7, 11) is 0. The largest absolute Gasteiger partial charge is 0.309 e. The van der Waals surface area contributed by atoms with Gasteiger partial charge in [-0.25, -0.2) is 0 Å². The van der Waals surface area contributed by atoms with Crippen LogP contribution >= 0.6 is 0 Å². The number of hydrogen-bond donors (Lipinski definition) is 0. The van der Waals surface area contributed by atoms with Crippen LogP contribution < -0.4 is 9.80 Å². The van der Waals surface area contributed by atoms with Gasteiger partial charge in [0, 0.05) is 44.6 Å². The predicted octanol–water partition coefficient (Wildman–Crippen LogP) is 26.6. The Morgan fingerprint density at radius 3 is 0.833 bits per heavy atom. The molecule has 17 aromatic rings. The molecular formula is C94H64N2. The molecule has 450 valence electrons. The molecule has 0 saturated heterocycles. The molecule has 0 atom stereocenters. The van der Waals surface area contributed by atoms with E-state index in [0.717, 1.165) is 73.1 Å². The van der Waals surface area contributed by atoms with Crippen molar-refractivity contribution in [2.45, 2.75) is 0 Å². The minimum atomic E-state index is 1.06. The van der Waals surface area contributed by atoms with E-state index < -0.39 is 0 Å². The molecule has 0 bridgehead atoms. The van der Waals surface area contributed by atoms with Crippen LogP contribution in [0, 0.1) is 0 Å². The second-order valence-electron chi connectivity index (χ2n) is 24.7. The van der Waals surface area contributed by atoms with Crippen LogP contribution in [0.3, 0.4) is 0 Å². The van der Waals surface area contributed by atoms with Crippen molar-refractivity contribution in [1.29, 1.82) is 0 Å². The van der Waals surface area contributed by atoms with Crippen LogP contribution in [0.25, 0.3) is 132 Å². The number of anilines is 6. The zero-order valence-electron chi connectivity index (χ0n) is 52.8. The fraction of sp³-hybridized carbons (Fsp3) is 0. The van der Waals surface area contributed by atoms with Crippen molar-refractivity contribution in [3.8, 4) is 89.0 Å². The summed E-state index contributed by atoms with van der Waals surface area (Å²) in [6, 6.07) is 142. The first-order valence-corrected chi connectivity index (χ1v) is 33.0. The molecule has 0 unspecified atom stereocenters. The van der Waals surface area contributed by atoms with E-state index in [0.29, 0.717) is 0 Å². The van der Waals surface area contributed by atoms with E-state index in [-0.39, 0.29) is 0 Å². The monoisotopic (exact) mass is 1220 g/mol. The maximum atomic E-state index is 2.50. The predicted molar refractivity (Wildman–Crippen MR) is 409 cm³/mol. The van der Waals surface area contributed by atoms with Gasteiger partial charge in [0.25, 0.3) is 0 Å². The van der Waals surface area contributed by atoms with Crippen molar-refractivity contribution in [2.75, 3.05) is 9.80 Å². The molecule has 0 amide bonds. The summed E-state index contributed by atoms with van der Waals surface area (Å²) in [4.78, 5) is 4.93. The molecule has 2 nitrogen and oxygen atoms in total. The first-order valence-electron chi connectivity index (χ1n) is 33.0. The highest BCUT2D eigenvalue weighted by molar-refractivity contribution is 6.24. The third-order valence-electron chi connectivity index (χ3n) is 19.0. The van der Waals surface area contributed by atoms with Gasteiger partial charge in [0.2, 0.25) is 0 Å². The van der Waals surface area contributed by atoms with Crippen LogP contribution in [0.5, 0.6) is 0 Å².